The molecule has 1 amide bonds. The number of hydrogen-bond acceptors (Lipinski definition) is 5. The average Bonchev–Trinajstić information content (AvgIpc) is 3.22. The zero-order valence-corrected chi connectivity index (χ0v) is 15.9. The predicted molar refractivity (Wildman–Crippen MR) is 107 cm³/mol. The Morgan fingerprint density at radius 2 is 1.93 bits per heavy atom. The highest BCUT2D eigenvalue weighted by molar-refractivity contribution is 7.94. The van der Waals surface area contributed by atoms with E-state index < -0.39 is 15.9 Å². The molecule has 1 aliphatic carbocycles. The summed E-state index contributed by atoms with van der Waals surface area (Å²) in [6, 6.07) is 14.4. The average molecular weight is 396 g/mol. The van der Waals surface area contributed by atoms with Gasteiger partial charge in [0, 0.05) is 16.5 Å². The Bertz CT molecular complexity index is 1130. The van der Waals surface area contributed by atoms with Crippen LogP contribution in [-0.2, 0) is 16.4 Å². The first-order chi connectivity index (χ1) is 13.0. The summed E-state index contributed by atoms with van der Waals surface area (Å²) in [4.78, 5) is 17.0. The van der Waals surface area contributed by atoms with Crippen molar-refractivity contribution in [2.45, 2.75) is 12.8 Å². The van der Waals surface area contributed by atoms with Crippen LogP contribution in [0.2, 0.25) is 0 Å². The summed E-state index contributed by atoms with van der Waals surface area (Å²) in [5, 5.41) is 1.87. The second kappa shape index (κ2) is 7.09. The number of allylic oxidation sites excluding steroid dienone is 1. The maximum absolute atomic E-state index is 12.7. The molecule has 0 fully saturated rings. The molecule has 1 N–H and O–H groups in total. The van der Waals surface area contributed by atoms with E-state index in [0.717, 1.165) is 22.4 Å². The summed E-state index contributed by atoms with van der Waals surface area (Å²) in [6.45, 7) is 0. The van der Waals surface area contributed by atoms with Crippen molar-refractivity contribution in [2.24, 2.45) is 0 Å². The van der Waals surface area contributed by atoms with E-state index in [1.54, 1.807) is 29.8 Å². The molecule has 2 aromatic carbocycles. The molecule has 0 aliphatic heterocycles. The van der Waals surface area contributed by atoms with Gasteiger partial charge in [0.15, 0.2) is 0 Å². The van der Waals surface area contributed by atoms with E-state index in [1.165, 1.54) is 11.3 Å². The molecular formula is C20H16N2O3S2. The first-order valence-electron chi connectivity index (χ1n) is 8.37. The third-order valence-corrected chi connectivity index (χ3v) is 6.49. The minimum atomic E-state index is -3.89. The molecule has 0 spiro atoms. The van der Waals surface area contributed by atoms with Crippen LogP contribution in [0.5, 0.6) is 0 Å². The smallest absolute Gasteiger partial charge is 0.265 e. The summed E-state index contributed by atoms with van der Waals surface area (Å²) in [6.07, 6.45) is 2.65. The Hall–Kier alpha value is -2.77. The van der Waals surface area contributed by atoms with Gasteiger partial charge in [-0.3, -0.25) is 4.79 Å². The number of carbonyl (C=O) groups excluding carboxylic acids is 1. The summed E-state index contributed by atoms with van der Waals surface area (Å²) in [7, 11) is -3.89. The van der Waals surface area contributed by atoms with E-state index in [1.807, 2.05) is 35.7 Å². The molecule has 0 saturated carbocycles. The van der Waals surface area contributed by atoms with Crippen molar-refractivity contribution in [2.75, 3.05) is 0 Å². The number of rotatable bonds is 4. The summed E-state index contributed by atoms with van der Waals surface area (Å²) in [5.74, 6) is -0.646. The van der Waals surface area contributed by atoms with Crippen molar-refractivity contribution in [1.29, 1.82) is 0 Å². The minimum absolute atomic E-state index is 0.227. The van der Waals surface area contributed by atoms with Gasteiger partial charge in [-0.1, -0.05) is 36.4 Å². The largest absolute Gasteiger partial charge is 0.268 e. The summed E-state index contributed by atoms with van der Waals surface area (Å²) >= 11 is 1.46. The van der Waals surface area contributed by atoms with Crippen molar-refractivity contribution in [1.82, 2.24) is 9.71 Å². The first kappa shape index (κ1) is 17.6. The molecule has 1 aliphatic rings. The van der Waals surface area contributed by atoms with E-state index in [-0.39, 0.29) is 10.5 Å². The maximum atomic E-state index is 12.7. The Morgan fingerprint density at radius 3 is 2.74 bits per heavy atom. The van der Waals surface area contributed by atoms with E-state index in [2.05, 4.69) is 9.71 Å². The highest BCUT2D eigenvalue weighted by Crippen LogP contribution is 2.27. The highest BCUT2D eigenvalue weighted by Gasteiger charge is 2.24. The minimum Gasteiger partial charge on any atom is -0.268 e. The SMILES string of the molecule is O=C(NS(=O)(=O)C1=Cc2ccccc2CC1)c1cccc(-c2cscn2)c1. The van der Waals surface area contributed by atoms with E-state index in [0.29, 0.717) is 12.8 Å². The monoisotopic (exact) mass is 396 g/mol. The van der Waals surface area contributed by atoms with Crippen molar-refractivity contribution in [3.05, 3.63) is 81.0 Å². The number of fused-ring (bicyclic) bond motifs is 1. The van der Waals surface area contributed by atoms with Gasteiger partial charge in [-0.2, -0.15) is 0 Å². The lowest BCUT2D eigenvalue weighted by Crippen LogP contribution is -2.32. The molecule has 5 nitrogen and oxygen atoms in total. The number of aromatic nitrogens is 1. The van der Waals surface area contributed by atoms with Crippen molar-refractivity contribution >= 4 is 33.3 Å². The topological polar surface area (TPSA) is 76.1 Å². The molecule has 0 atom stereocenters. The Kier molecular flexibility index (Phi) is 4.63. The number of benzene rings is 2. The predicted octanol–water partition coefficient (Wildman–Crippen LogP) is 3.86. The zero-order chi connectivity index (χ0) is 18.9. The molecule has 4 rings (SSSR count). The van der Waals surface area contributed by atoms with Gasteiger partial charge >= 0.3 is 0 Å². The Morgan fingerprint density at radius 1 is 1.07 bits per heavy atom. The fraction of sp³-hybridized carbons (Fsp3) is 0.100. The van der Waals surface area contributed by atoms with Crippen LogP contribution in [0.1, 0.15) is 27.9 Å². The van der Waals surface area contributed by atoms with Crippen LogP contribution < -0.4 is 4.72 Å². The third-order valence-electron chi connectivity index (χ3n) is 4.44. The number of aryl methyl sites for hydroxylation is 1. The number of sulfonamides is 1. The Labute approximate surface area is 161 Å². The van der Waals surface area contributed by atoms with Gasteiger partial charge in [0.25, 0.3) is 15.9 Å². The molecule has 0 saturated heterocycles. The van der Waals surface area contributed by atoms with Crippen LogP contribution in [0.3, 0.4) is 0 Å². The van der Waals surface area contributed by atoms with Crippen LogP contribution in [0.4, 0.5) is 0 Å². The number of nitrogens with zero attached hydrogens (tertiary/aromatic N) is 1. The normalized spacial score (nSPS) is 13.6. The van der Waals surface area contributed by atoms with Crippen LogP contribution in [-0.4, -0.2) is 19.3 Å². The van der Waals surface area contributed by atoms with Gasteiger partial charge in [-0.05, 0) is 42.2 Å². The van der Waals surface area contributed by atoms with Gasteiger partial charge < -0.3 is 0 Å². The fourth-order valence-corrected chi connectivity index (χ4v) is 4.75. The molecule has 7 heteroatoms. The fourth-order valence-electron chi connectivity index (χ4n) is 3.04. The van der Waals surface area contributed by atoms with Gasteiger partial charge in [0.05, 0.1) is 16.1 Å². The molecule has 0 bridgehead atoms. The number of thiazole rings is 1. The van der Waals surface area contributed by atoms with Crippen LogP contribution in [0.15, 0.2) is 64.3 Å². The number of nitrogens with one attached hydrogen (secondary N) is 1. The third kappa shape index (κ3) is 3.70. The number of hydrogen-bond donors (Lipinski definition) is 1. The van der Waals surface area contributed by atoms with Crippen LogP contribution in [0.25, 0.3) is 17.3 Å². The van der Waals surface area contributed by atoms with E-state index in [9.17, 15) is 13.2 Å². The van der Waals surface area contributed by atoms with E-state index >= 15 is 0 Å². The maximum Gasteiger partial charge on any atom is 0.265 e. The molecule has 3 aromatic rings. The number of carbonyl (C=O) groups is 1. The molecule has 27 heavy (non-hydrogen) atoms. The Balaban J connectivity index is 1.58. The van der Waals surface area contributed by atoms with Crippen molar-refractivity contribution in [3.8, 4) is 11.3 Å². The quantitative estimate of drug-likeness (QED) is 0.727. The van der Waals surface area contributed by atoms with Crippen molar-refractivity contribution in [3.63, 3.8) is 0 Å². The van der Waals surface area contributed by atoms with Gasteiger partial charge in [-0.25, -0.2) is 18.1 Å². The van der Waals surface area contributed by atoms with Gasteiger partial charge in [0.1, 0.15) is 0 Å². The molecule has 0 radical (unpaired) electrons. The highest BCUT2D eigenvalue weighted by atomic mass is 32.2. The van der Waals surface area contributed by atoms with Crippen LogP contribution in [0, 0.1) is 0 Å². The molecule has 136 valence electrons. The lowest BCUT2D eigenvalue weighted by atomic mass is 9.98. The first-order valence-corrected chi connectivity index (χ1v) is 10.8. The molecule has 1 aromatic heterocycles. The second-order valence-electron chi connectivity index (χ2n) is 6.20. The summed E-state index contributed by atoms with van der Waals surface area (Å²) in [5.41, 5.74) is 5.50. The standard InChI is InChI=1S/C20H16N2O3S2/c23-20(17-7-3-6-16(10-17)19-12-26-13-21-19)22-27(24,25)18-9-8-14-4-1-2-5-15(14)11-18/h1-7,10-13H,8-9H2,(H,22,23). The molecule has 1 heterocycles. The lowest BCUT2D eigenvalue weighted by Gasteiger charge is -2.17. The zero-order valence-electron chi connectivity index (χ0n) is 14.3. The number of amides is 1. The second-order valence-corrected chi connectivity index (χ2v) is 8.65. The molecule has 0 unspecified atom stereocenters. The van der Waals surface area contributed by atoms with Gasteiger partial charge in [0.2, 0.25) is 0 Å². The lowest BCUT2D eigenvalue weighted by molar-refractivity contribution is 0.0981. The van der Waals surface area contributed by atoms with Gasteiger partial charge in [-0.15, -0.1) is 11.3 Å². The molecular weight excluding hydrogens is 380 g/mol. The van der Waals surface area contributed by atoms with Crippen LogP contribution >= 0.6 is 11.3 Å². The van der Waals surface area contributed by atoms with E-state index in [4.69, 9.17) is 0 Å². The summed E-state index contributed by atoms with van der Waals surface area (Å²) < 4.78 is 27.6. The van der Waals surface area contributed by atoms with Crippen molar-refractivity contribution < 1.29 is 13.2 Å².